The minimum Gasteiger partial charge on any atom is -0.100 e. The highest BCUT2D eigenvalue weighted by Crippen LogP contribution is 2.08. The van der Waals surface area contributed by atoms with Crippen LogP contribution in [0, 0.1) is 5.92 Å². The Labute approximate surface area is 69.3 Å². The minimum atomic E-state index is 0.550. The fraction of sp³-hybridized carbons (Fsp3) is 0.667. The highest BCUT2D eigenvalue weighted by Gasteiger charge is 2.00. The monoisotopic (exact) mass is 156 g/mol. The van der Waals surface area contributed by atoms with Crippen LogP contribution in [0.2, 0.25) is 0 Å². The summed E-state index contributed by atoms with van der Waals surface area (Å²) in [5, 5.41) is 0. The Morgan fingerprint density at radius 3 is 2.20 bits per heavy atom. The van der Waals surface area contributed by atoms with Crippen molar-refractivity contribution >= 4 is 17.1 Å². The van der Waals surface area contributed by atoms with E-state index in [2.05, 4.69) is 20.4 Å². The van der Waals surface area contributed by atoms with Crippen molar-refractivity contribution < 1.29 is 0 Å². The molecule has 0 amide bonds. The Hall–Kier alpha value is -0.170. The van der Waals surface area contributed by atoms with E-state index >= 15 is 0 Å². The van der Waals surface area contributed by atoms with Gasteiger partial charge in [0.25, 0.3) is 0 Å². The molecule has 0 aromatic carbocycles. The van der Waals surface area contributed by atoms with Crippen LogP contribution in [-0.2, 0) is 0 Å². The highest BCUT2D eigenvalue weighted by molar-refractivity contribution is 7.80. The van der Waals surface area contributed by atoms with Crippen molar-refractivity contribution in [2.45, 2.75) is 33.6 Å². The van der Waals surface area contributed by atoms with Gasteiger partial charge in [0, 0.05) is 0 Å². The second-order valence-electron chi connectivity index (χ2n) is 3.08. The molecule has 0 radical (unpaired) electrons. The molecule has 0 spiro atoms. The lowest BCUT2D eigenvalue weighted by Crippen LogP contribution is -2.03. The van der Waals surface area contributed by atoms with Crippen LogP contribution in [0.4, 0.5) is 0 Å². The molecule has 0 aliphatic rings. The number of thiocarbonyl (C=S) groups is 1. The quantitative estimate of drug-likeness (QED) is 0.444. The van der Waals surface area contributed by atoms with Gasteiger partial charge in [-0.15, -0.1) is 6.58 Å². The smallest absolute Gasteiger partial charge is 0.00429 e. The van der Waals surface area contributed by atoms with Crippen LogP contribution in [0.1, 0.15) is 33.6 Å². The van der Waals surface area contributed by atoms with Crippen molar-refractivity contribution in [1.29, 1.82) is 0 Å². The molecule has 0 fully saturated rings. The summed E-state index contributed by atoms with van der Waals surface area (Å²) in [6.07, 6.45) is 2.08. The van der Waals surface area contributed by atoms with E-state index in [9.17, 15) is 0 Å². The second-order valence-corrected chi connectivity index (χ2v) is 3.60. The molecular weight excluding hydrogens is 140 g/mol. The molecule has 0 bridgehead atoms. The molecule has 0 unspecified atom stereocenters. The van der Waals surface area contributed by atoms with Crippen LogP contribution in [0.5, 0.6) is 0 Å². The molecule has 0 rings (SSSR count). The van der Waals surface area contributed by atoms with E-state index in [1.165, 1.54) is 10.4 Å². The van der Waals surface area contributed by atoms with Crippen LogP contribution in [0.25, 0.3) is 0 Å². The van der Waals surface area contributed by atoms with Gasteiger partial charge < -0.3 is 0 Å². The zero-order chi connectivity index (χ0) is 8.15. The van der Waals surface area contributed by atoms with Crippen molar-refractivity contribution in [3.05, 3.63) is 12.2 Å². The third-order valence-electron chi connectivity index (χ3n) is 1.44. The largest absolute Gasteiger partial charge is 0.100 e. The zero-order valence-electron chi connectivity index (χ0n) is 7.11. The maximum atomic E-state index is 5.16. The first-order chi connectivity index (χ1) is 4.54. The summed E-state index contributed by atoms with van der Waals surface area (Å²) in [7, 11) is 0. The van der Waals surface area contributed by atoms with E-state index < -0.39 is 0 Å². The number of rotatable bonds is 4. The van der Waals surface area contributed by atoms with Crippen molar-refractivity contribution in [2.24, 2.45) is 5.92 Å². The SMILES string of the molecule is C=C(C)CCC(=S)C(C)C. The number of allylic oxidation sites excluding steroid dienone is 1. The first-order valence-corrected chi connectivity index (χ1v) is 4.12. The van der Waals surface area contributed by atoms with Gasteiger partial charge in [-0.1, -0.05) is 31.6 Å². The first kappa shape index (κ1) is 9.83. The van der Waals surface area contributed by atoms with Gasteiger partial charge >= 0.3 is 0 Å². The lowest BCUT2D eigenvalue weighted by molar-refractivity contribution is 0.856. The Morgan fingerprint density at radius 2 is 1.90 bits per heavy atom. The van der Waals surface area contributed by atoms with E-state index in [1.54, 1.807) is 0 Å². The maximum absolute atomic E-state index is 5.16. The average molecular weight is 156 g/mol. The van der Waals surface area contributed by atoms with Gasteiger partial charge in [0.2, 0.25) is 0 Å². The van der Waals surface area contributed by atoms with Gasteiger partial charge in [-0.25, -0.2) is 0 Å². The minimum absolute atomic E-state index is 0.550. The molecule has 0 nitrogen and oxygen atoms in total. The van der Waals surface area contributed by atoms with Crippen LogP contribution in [0.3, 0.4) is 0 Å². The summed E-state index contributed by atoms with van der Waals surface area (Å²) in [5.41, 5.74) is 1.23. The number of hydrogen-bond acceptors (Lipinski definition) is 1. The van der Waals surface area contributed by atoms with Gasteiger partial charge in [0.05, 0.1) is 0 Å². The lowest BCUT2D eigenvalue weighted by atomic mass is 10.0. The summed E-state index contributed by atoms with van der Waals surface area (Å²) in [5.74, 6) is 0.550. The van der Waals surface area contributed by atoms with Crippen molar-refractivity contribution in [3.8, 4) is 0 Å². The molecule has 0 aromatic rings. The predicted octanol–water partition coefficient (Wildman–Crippen LogP) is 3.37. The van der Waals surface area contributed by atoms with E-state index in [-0.39, 0.29) is 0 Å². The highest BCUT2D eigenvalue weighted by atomic mass is 32.1. The fourth-order valence-electron chi connectivity index (χ4n) is 0.625. The van der Waals surface area contributed by atoms with E-state index in [4.69, 9.17) is 12.2 Å². The standard InChI is InChI=1S/C9H16S/c1-7(2)5-6-9(10)8(3)4/h8H,1,5-6H2,2-4H3. The van der Waals surface area contributed by atoms with Crippen LogP contribution in [0.15, 0.2) is 12.2 Å². The van der Waals surface area contributed by atoms with Crippen LogP contribution >= 0.6 is 12.2 Å². The summed E-state index contributed by atoms with van der Waals surface area (Å²) in [6, 6.07) is 0. The third kappa shape index (κ3) is 4.68. The molecule has 0 heterocycles. The predicted molar refractivity (Wildman–Crippen MR) is 51.5 cm³/mol. The van der Waals surface area contributed by atoms with E-state index in [0.717, 1.165) is 12.8 Å². The molecule has 0 N–H and O–H groups in total. The van der Waals surface area contributed by atoms with Gasteiger partial charge in [0.15, 0.2) is 0 Å². The van der Waals surface area contributed by atoms with E-state index in [1.807, 2.05) is 6.92 Å². The summed E-state index contributed by atoms with van der Waals surface area (Å²) in [6.45, 7) is 10.2. The Morgan fingerprint density at radius 1 is 1.40 bits per heavy atom. The van der Waals surface area contributed by atoms with Crippen molar-refractivity contribution in [3.63, 3.8) is 0 Å². The Balaban J connectivity index is 3.50. The molecule has 0 atom stereocenters. The molecule has 0 saturated carbocycles. The van der Waals surface area contributed by atoms with Crippen LogP contribution in [-0.4, -0.2) is 4.86 Å². The molecule has 0 aliphatic carbocycles. The maximum Gasteiger partial charge on any atom is -0.00429 e. The van der Waals surface area contributed by atoms with Gasteiger partial charge in [-0.2, -0.15) is 0 Å². The van der Waals surface area contributed by atoms with Crippen molar-refractivity contribution in [2.75, 3.05) is 0 Å². The van der Waals surface area contributed by atoms with Gasteiger partial charge in [-0.3, -0.25) is 0 Å². The lowest BCUT2D eigenvalue weighted by Gasteiger charge is -2.05. The summed E-state index contributed by atoms with van der Waals surface area (Å²) in [4.78, 5) is 1.17. The molecule has 1 heteroatoms. The fourth-order valence-corrected chi connectivity index (χ4v) is 0.727. The molecular formula is C9H16S. The van der Waals surface area contributed by atoms with Crippen LogP contribution < -0.4 is 0 Å². The van der Waals surface area contributed by atoms with Gasteiger partial charge in [0.1, 0.15) is 0 Å². The van der Waals surface area contributed by atoms with Crippen molar-refractivity contribution in [1.82, 2.24) is 0 Å². The average Bonchev–Trinajstić information content (AvgIpc) is 1.82. The topological polar surface area (TPSA) is 0 Å². The summed E-state index contributed by atoms with van der Waals surface area (Å²) < 4.78 is 0. The first-order valence-electron chi connectivity index (χ1n) is 3.71. The summed E-state index contributed by atoms with van der Waals surface area (Å²) >= 11 is 5.16. The molecule has 10 heavy (non-hydrogen) atoms. The third-order valence-corrected chi connectivity index (χ3v) is 2.12. The number of hydrogen-bond donors (Lipinski definition) is 0. The second kappa shape index (κ2) is 4.62. The Kier molecular flexibility index (Phi) is 4.54. The van der Waals surface area contributed by atoms with E-state index in [0.29, 0.717) is 5.92 Å². The normalized spacial score (nSPS) is 10.0. The molecule has 58 valence electrons. The molecule has 0 aliphatic heterocycles. The Bertz CT molecular complexity index is 134. The molecule has 0 aromatic heterocycles. The van der Waals surface area contributed by atoms with Gasteiger partial charge in [-0.05, 0) is 30.5 Å². The molecule has 0 saturated heterocycles. The zero-order valence-corrected chi connectivity index (χ0v) is 7.92.